The summed E-state index contributed by atoms with van der Waals surface area (Å²) < 4.78 is 2.16. The van der Waals surface area contributed by atoms with Gasteiger partial charge in [-0.1, -0.05) is 33.7 Å². The van der Waals surface area contributed by atoms with Crippen LogP contribution in [0.3, 0.4) is 0 Å². The fourth-order valence-electron chi connectivity index (χ4n) is 2.97. The summed E-state index contributed by atoms with van der Waals surface area (Å²) in [5.41, 5.74) is 1.04. The summed E-state index contributed by atoms with van der Waals surface area (Å²) in [6, 6.07) is 12.0. The Kier molecular flexibility index (Phi) is 3.78. The summed E-state index contributed by atoms with van der Waals surface area (Å²) in [5.74, 6) is 0. The van der Waals surface area contributed by atoms with Gasteiger partial charge in [-0.25, -0.2) is 0 Å². The Bertz CT molecular complexity index is 621. The highest BCUT2D eigenvalue weighted by molar-refractivity contribution is 7.13. The van der Waals surface area contributed by atoms with Crippen LogP contribution in [-0.2, 0) is 12.2 Å². The number of aliphatic hydroxyl groups excluding tert-OH is 1. The van der Waals surface area contributed by atoms with E-state index in [9.17, 15) is 10.2 Å². The first-order valence-corrected chi connectivity index (χ1v) is 7.49. The average Bonchev–Trinajstić information content (AvgIpc) is 2.49. The molecular weight excluding hydrogens is 269 g/mol. The van der Waals surface area contributed by atoms with E-state index in [2.05, 4.69) is 20.1 Å². The smallest absolute Gasteiger partial charge is 0.0921 e. The number of piperidine rings is 1. The maximum atomic E-state index is 10.9. The fraction of sp³-hybridized carbons (Fsp3) is 0.375. The van der Waals surface area contributed by atoms with Crippen LogP contribution in [0.15, 0.2) is 36.4 Å². The van der Waals surface area contributed by atoms with Gasteiger partial charge in [0, 0.05) is 13.1 Å². The highest BCUT2D eigenvalue weighted by Crippen LogP contribution is 2.36. The molecule has 2 aromatic carbocycles. The number of rotatable bonds is 2. The molecular formula is C16H20NO2P. The molecule has 1 saturated heterocycles. The third-order valence-corrected chi connectivity index (χ3v) is 4.80. The van der Waals surface area contributed by atoms with Crippen LogP contribution in [0.4, 0.5) is 0 Å². The maximum Gasteiger partial charge on any atom is 0.0921 e. The van der Waals surface area contributed by atoms with E-state index in [-0.39, 0.29) is 6.61 Å². The molecule has 0 spiro atoms. The molecule has 1 aliphatic heterocycles. The first-order chi connectivity index (χ1) is 9.62. The summed E-state index contributed by atoms with van der Waals surface area (Å²) in [7, 11) is 2.70. The Labute approximate surface area is 121 Å². The normalized spacial score (nSPS) is 19.4. The van der Waals surface area contributed by atoms with E-state index in [1.54, 1.807) is 0 Å². The predicted molar refractivity (Wildman–Crippen MR) is 84.3 cm³/mol. The second-order valence-electron chi connectivity index (χ2n) is 5.58. The number of aliphatic hydroxyl groups is 2. The molecule has 0 aliphatic carbocycles. The van der Waals surface area contributed by atoms with Gasteiger partial charge in [0.15, 0.2) is 0 Å². The number of fused-ring (bicyclic) bond motifs is 1. The van der Waals surface area contributed by atoms with Crippen molar-refractivity contribution >= 4 is 20.2 Å². The Morgan fingerprint density at radius 1 is 1.15 bits per heavy atom. The minimum Gasteiger partial charge on any atom is -0.392 e. The topological polar surface area (TPSA) is 43.7 Å². The van der Waals surface area contributed by atoms with Gasteiger partial charge in [-0.2, -0.15) is 0 Å². The lowest BCUT2D eigenvalue weighted by molar-refractivity contribution is -0.00824. The summed E-state index contributed by atoms with van der Waals surface area (Å²) in [4.78, 5) is 0. The van der Waals surface area contributed by atoms with Gasteiger partial charge in [-0.05, 0) is 46.9 Å². The standard InChI is InChI=1S/C16H20NO2P/c18-11-13-10-14(9-12-3-1-2-4-15(12)13)16(19)5-7-17(20)8-6-16/h1-4,9-10,18-19H,5-8,11,20H2. The molecule has 4 heteroatoms. The molecule has 3 nitrogen and oxygen atoms in total. The van der Waals surface area contributed by atoms with E-state index in [1.165, 1.54) is 0 Å². The maximum absolute atomic E-state index is 10.9. The van der Waals surface area contributed by atoms with Crippen molar-refractivity contribution in [1.82, 2.24) is 4.67 Å². The average molecular weight is 289 g/mol. The van der Waals surface area contributed by atoms with Crippen molar-refractivity contribution in [2.45, 2.75) is 25.0 Å². The molecule has 2 aromatic rings. The van der Waals surface area contributed by atoms with Gasteiger partial charge in [-0.3, -0.25) is 4.67 Å². The van der Waals surface area contributed by atoms with Gasteiger partial charge in [0.25, 0.3) is 0 Å². The van der Waals surface area contributed by atoms with Crippen LogP contribution in [0.5, 0.6) is 0 Å². The van der Waals surface area contributed by atoms with Crippen molar-refractivity contribution < 1.29 is 10.2 Å². The van der Waals surface area contributed by atoms with E-state index >= 15 is 0 Å². The Hall–Kier alpha value is -0.990. The highest BCUT2D eigenvalue weighted by Gasteiger charge is 2.33. The quantitative estimate of drug-likeness (QED) is 0.834. The van der Waals surface area contributed by atoms with E-state index in [1.807, 2.05) is 30.3 Å². The van der Waals surface area contributed by atoms with Crippen molar-refractivity contribution in [2.75, 3.05) is 13.1 Å². The lowest BCUT2D eigenvalue weighted by atomic mass is 9.83. The lowest BCUT2D eigenvalue weighted by Gasteiger charge is -2.37. The fourth-order valence-corrected chi connectivity index (χ4v) is 3.23. The monoisotopic (exact) mass is 289 g/mol. The third-order valence-electron chi connectivity index (χ3n) is 4.28. The van der Waals surface area contributed by atoms with Crippen LogP contribution >= 0.6 is 9.39 Å². The van der Waals surface area contributed by atoms with Crippen LogP contribution in [0.2, 0.25) is 0 Å². The van der Waals surface area contributed by atoms with E-state index in [0.717, 1.165) is 47.8 Å². The van der Waals surface area contributed by atoms with Gasteiger partial charge in [0.05, 0.1) is 12.2 Å². The molecule has 0 aromatic heterocycles. The van der Waals surface area contributed by atoms with E-state index in [4.69, 9.17) is 0 Å². The molecule has 3 rings (SSSR count). The van der Waals surface area contributed by atoms with Crippen LogP contribution in [-0.4, -0.2) is 28.0 Å². The Balaban J connectivity index is 2.07. The molecule has 20 heavy (non-hydrogen) atoms. The van der Waals surface area contributed by atoms with Crippen LogP contribution in [0.25, 0.3) is 10.8 Å². The van der Waals surface area contributed by atoms with Gasteiger partial charge >= 0.3 is 0 Å². The zero-order valence-electron chi connectivity index (χ0n) is 11.4. The van der Waals surface area contributed by atoms with Crippen molar-refractivity contribution in [2.24, 2.45) is 0 Å². The SMILES string of the molecule is OCc1cc(C2(O)CCN(P)CC2)cc2ccccc12. The van der Waals surface area contributed by atoms with Crippen molar-refractivity contribution in [1.29, 1.82) is 0 Å². The van der Waals surface area contributed by atoms with Gasteiger partial charge in [0.1, 0.15) is 0 Å². The summed E-state index contributed by atoms with van der Waals surface area (Å²) in [5, 5.41) is 22.7. The summed E-state index contributed by atoms with van der Waals surface area (Å²) in [6.45, 7) is 1.73. The zero-order valence-corrected chi connectivity index (χ0v) is 12.6. The second-order valence-corrected chi connectivity index (χ2v) is 6.31. The molecule has 1 heterocycles. The van der Waals surface area contributed by atoms with Crippen LogP contribution in [0, 0.1) is 0 Å². The number of hydrogen-bond acceptors (Lipinski definition) is 3. The van der Waals surface area contributed by atoms with Crippen LogP contribution < -0.4 is 0 Å². The molecule has 0 saturated carbocycles. The molecule has 106 valence electrons. The molecule has 2 N–H and O–H groups in total. The number of hydrogen-bond donors (Lipinski definition) is 2. The third kappa shape index (κ3) is 2.47. The van der Waals surface area contributed by atoms with Crippen LogP contribution in [0.1, 0.15) is 24.0 Å². The molecule has 1 fully saturated rings. The minimum atomic E-state index is -0.777. The molecule has 0 amide bonds. The summed E-state index contributed by atoms with van der Waals surface area (Å²) in [6.07, 6.45) is 1.44. The Morgan fingerprint density at radius 2 is 1.85 bits per heavy atom. The molecule has 1 unspecified atom stereocenters. The van der Waals surface area contributed by atoms with Crippen molar-refractivity contribution in [3.63, 3.8) is 0 Å². The molecule has 0 radical (unpaired) electrons. The van der Waals surface area contributed by atoms with Crippen molar-refractivity contribution in [3.8, 4) is 0 Å². The Morgan fingerprint density at radius 3 is 2.55 bits per heavy atom. The lowest BCUT2D eigenvalue weighted by Crippen LogP contribution is -2.38. The van der Waals surface area contributed by atoms with Crippen molar-refractivity contribution in [3.05, 3.63) is 47.5 Å². The zero-order chi connectivity index (χ0) is 14.2. The van der Waals surface area contributed by atoms with E-state index < -0.39 is 5.60 Å². The highest BCUT2D eigenvalue weighted by atomic mass is 31.0. The minimum absolute atomic E-state index is 0.000186. The summed E-state index contributed by atoms with van der Waals surface area (Å²) >= 11 is 0. The van der Waals surface area contributed by atoms with Gasteiger partial charge < -0.3 is 10.2 Å². The van der Waals surface area contributed by atoms with Gasteiger partial charge in [-0.15, -0.1) is 0 Å². The largest absolute Gasteiger partial charge is 0.392 e. The second kappa shape index (κ2) is 5.42. The predicted octanol–water partition coefficient (Wildman–Crippen LogP) is 2.41. The number of nitrogens with zero attached hydrogens (tertiary/aromatic N) is 1. The molecule has 0 bridgehead atoms. The first kappa shape index (κ1) is 14.0. The molecule has 1 aliphatic rings. The first-order valence-electron chi connectivity index (χ1n) is 6.97. The molecule has 1 atom stereocenters. The van der Waals surface area contributed by atoms with Gasteiger partial charge in [0.2, 0.25) is 0 Å². The van der Waals surface area contributed by atoms with E-state index in [0.29, 0.717) is 0 Å². The number of benzene rings is 2.